The molecule has 102 valence electrons. The lowest BCUT2D eigenvalue weighted by molar-refractivity contribution is -0.132. The molecule has 3 aliphatic rings. The summed E-state index contributed by atoms with van der Waals surface area (Å²) in [6, 6.07) is 0.435. The summed E-state index contributed by atoms with van der Waals surface area (Å²) in [5, 5.41) is 3.24. The minimum Gasteiger partial charge on any atom is -0.369 e. The molecule has 0 heterocycles. The average Bonchev–Trinajstić information content (AvgIpc) is 3.00. The predicted octanol–water partition coefficient (Wildman–Crippen LogP) is 2.35. The minimum atomic E-state index is -0.298. The van der Waals surface area contributed by atoms with Gasteiger partial charge in [0.2, 0.25) is 5.91 Å². The Hall–Kier alpha value is -0.570. The molecule has 3 aliphatic carbocycles. The van der Waals surface area contributed by atoms with Gasteiger partial charge in [0, 0.05) is 12.6 Å². The smallest absolute Gasteiger partial charge is 0.249 e. The van der Waals surface area contributed by atoms with Crippen molar-refractivity contribution < 1.29 is 9.53 Å². The molecule has 2 bridgehead atoms. The summed E-state index contributed by atoms with van der Waals surface area (Å²) in [5.41, 5.74) is 0. The summed E-state index contributed by atoms with van der Waals surface area (Å²) >= 11 is 0. The minimum absolute atomic E-state index is 0.0870. The molecule has 0 unspecified atom stereocenters. The maximum Gasteiger partial charge on any atom is 0.249 e. The van der Waals surface area contributed by atoms with Crippen molar-refractivity contribution in [3.8, 4) is 0 Å². The van der Waals surface area contributed by atoms with E-state index in [9.17, 15) is 4.79 Å². The molecular weight excluding hydrogens is 226 g/mol. The Morgan fingerprint density at radius 2 is 2.06 bits per heavy atom. The van der Waals surface area contributed by atoms with Crippen molar-refractivity contribution in [3.05, 3.63) is 0 Å². The first kappa shape index (κ1) is 12.5. The van der Waals surface area contributed by atoms with Crippen LogP contribution in [0, 0.1) is 23.7 Å². The molecule has 0 saturated heterocycles. The average molecular weight is 251 g/mol. The molecule has 3 saturated carbocycles. The Labute approximate surface area is 110 Å². The third kappa shape index (κ3) is 1.97. The van der Waals surface area contributed by atoms with Crippen LogP contribution in [0.2, 0.25) is 0 Å². The third-order valence-corrected chi connectivity index (χ3v) is 5.54. The van der Waals surface area contributed by atoms with Gasteiger partial charge in [-0.2, -0.15) is 0 Å². The van der Waals surface area contributed by atoms with Gasteiger partial charge in [0.1, 0.15) is 6.10 Å². The van der Waals surface area contributed by atoms with E-state index < -0.39 is 0 Å². The van der Waals surface area contributed by atoms with Gasteiger partial charge in [-0.05, 0) is 63.2 Å². The second-order valence-corrected chi connectivity index (χ2v) is 6.37. The van der Waals surface area contributed by atoms with E-state index in [4.69, 9.17) is 4.74 Å². The number of carbonyl (C=O) groups excluding carboxylic acids is 1. The van der Waals surface area contributed by atoms with Crippen LogP contribution in [0.15, 0.2) is 0 Å². The number of fused-ring (bicyclic) bond motifs is 5. The van der Waals surface area contributed by atoms with Gasteiger partial charge in [0.15, 0.2) is 0 Å². The van der Waals surface area contributed by atoms with E-state index in [1.807, 2.05) is 13.8 Å². The molecular formula is C15H25NO2. The fraction of sp³-hybridized carbons (Fsp3) is 0.933. The molecule has 0 aromatic rings. The van der Waals surface area contributed by atoms with Crippen molar-refractivity contribution in [2.75, 3.05) is 6.61 Å². The van der Waals surface area contributed by atoms with Crippen molar-refractivity contribution in [1.82, 2.24) is 5.32 Å². The monoisotopic (exact) mass is 251 g/mol. The molecule has 6 atom stereocenters. The number of hydrogen-bond donors (Lipinski definition) is 1. The van der Waals surface area contributed by atoms with Gasteiger partial charge < -0.3 is 10.1 Å². The Kier molecular flexibility index (Phi) is 3.35. The largest absolute Gasteiger partial charge is 0.369 e. The zero-order valence-electron chi connectivity index (χ0n) is 11.5. The van der Waals surface area contributed by atoms with Crippen molar-refractivity contribution in [2.24, 2.45) is 23.7 Å². The van der Waals surface area contributed by atoms with E-state index in [0.29, 0.717) is 12.6 Å². The highest BCUT2D eigenvalue weighted by Crippen LogP contribution is 2.58. The van der Waals surface area contributed by atoms with Crippen molar-refractivity contribution in [3.63, 3.8) is 0 Å². The standard InChI is InChI=1S/C15H25NO2/c1-3-18-9(2)15(17)16-14-8-10-7-13(14)12-6-4-5-11(10)12/h9-14H,3-8H2,1-2H3,(H,16,17)/t9-,10-,11+,12+,13+,14-/m1/s1. The van der Waals surface area contributed by atoms with E-state index in [0.717, 1.165) is 23.7 Å². The first-order chi connectivity index (χ1) is 8.70. The Morgan fingerprint density at radius 3 is 2.83 bits per heavy atom. The van der Waals surface area contributed by atoms with E-state index in [2.05, 4.69) is 5.32 Å². The fourth-order valence-electron chi connectivity index (χ4n) is 4.86. The molecule has 3 fully saturated rings. The second kappa shape index (κ2) is 4.84. The van der Waals surface area contributed by atoms with Crippen LogP contribution in [0.5, 0.6) is 0 Å². The maximum absolute atomic E-state index is 12.0. The van der Waals surface area contributed by atoms with Gasteiger partial charge in [-0.1, -0.05) is 6.42 Å². The van der Waals surface area contributed by atoms with Crippen LogP contribution >= 0.6 is 0 Å². The molecule has 0 aliphatic heterocycles. The number of hydrogen-bond acceptors (Lipinski definition) is 2. The molecule has 3 rings (SSSR count). The molecule has 0 radical (unpaired) electrons. The molecule has 3 nitrogen and oxygen atoms in total. The summed E-state index contributed by atoms with van der Waals surface area (Å²) in [4.78, 5) is 12.0. The molecule has 3 heteroatoms. The Balaban J connectivity index is 1.58. The van der Waals surface area contributed by atoms with Gasteiger partial charge in [0.05, 0.1) is 0 Å². The van der Waals surface area contributed by atoms with Gasteiger partial charge in [-0.25, -0.2) is 0 Å². The van der Waals surface area contributed by atoms with E-state index in [-0.39, 0.29) is 12.0 Å². The van der Waals surface area contributed by atoms with Crippen LogP contribution in [0.1, 0.15) is 46.0 Å². The normalized spacial score (nSPS) is 42.9. The number of amides is 1. The van der Waals surface area contributed by atoms with E-state index in [1.54, 1.807) is 0 Å². The highest BCUT2D eigenvalue weighted by atomic mass is 16.5. The number of nitrogens with one attached hydrogen (secondary N) is 1. The second-order valence-electron chi connectivity index (χ2n) is 6.37. The summed E-state index contributed by atoms with van der Waals surface area (Å²) in [7, 11) is 0. The predicted molar refractivity (Wildman–Crippen MR) is 70.1 cm³/mol. The molecule has 18 heavy (non-hydrogen) atoms. The van der Waals surface area contributed by atoms with Gasteiger partial charge in [-0.3, -0.25) is 4.79 Å². The maximum atomic E-state index is 12.0. The third-order valence-electron chi connectivity index (χ3n) is 5.54. The lowest BCUT2D eigenvalue weighted by Crippen LogP contribution is -2.46. The highest BCUT2D eigenvalue weighted by molar-refractivity contribution is 5.80. The summed E-state index contributed by atoms with van der Waals surface area (Å²) in [6.45, 7) is 4.39. The lowest BCUT2D eigenvalue weighted by Gasteiger charge is -2.32. The summed E-state index contributed by atoms with van der Waals surface area (Å²) in [5.74, 6) is 3.66. The summed E-state index contributed by atoms with van der Waals surface area (Å²) < 4.78 is 5.37. The molecule has 0 aromatic heterocycles. The Bertz CT molecular complexity index is 330. The zero-order valence-corrected chi connectivity index (χ0v) is 11.5. The van der Waals surface area contributed by atoms with Crippen LogP contribution in [0.25, 0.3) is 0 Å². The summed E-state index contributed by atoms with van der Waals surface area (Å²) in [6.07, 6.45) is 6.55. The van der Waals surface area contributed by atoms with E-state index >= 15 is 0 Å². The molecule has 1 N–H and O–H groups in total. The molecule has 0 spiro atoms. The highest BCUT2D eigenvalue weighted by Gasteiger charge is 2.54. The van der Waals surface area contributed by atoms with Gasteiger partial charge in [-0.15, -0.1) is 0 Å². The number of ether oxygens (including phenoxy) is 1. The lowest BCUT2D eigenvalue weighted by atomic mass is 9.79. The van der Waals surface area contributed by atoms with Crippen molar-refractivity contribution in [2.45, 2.75) is 58.1 Å². The van der Waals surface area contributed by atoms with Crippen molar-refractivity contribution >= 4 is 5.91 Å². The van der Waals surface area contributed by atoms with Crippen LogP contribution in [-0.2, 0) is 9.53 Å². The quantitative estimate of drug-likeness (QED) is 0.833. The van der Waals surface area contributed by atoms with Crippen LogP contribution in [-0.4, -0.2) is 24.7 Å². The van der Waals surface area contributed by atoms with Crippen LogP contribution < -0.4 is 5.32 Å². The van der Waals surface area contributed by atoms with Gasteiger partial charge in [0.25, 0.3) is 0 Å². The van der Waals surface area contributed by atoms with E-state index in [1.165, 1.54) is 32.1 Å². The zero-order chi connectivity index (χ0) is 12.7. The first-order valence-electron chi connectivity index (χ1n) is 7.62. The first-order valence-corrected chi connectivity index (χ1v) is 7.62. The van der Waals surface area contributed by atoms with Gasteiger partial charge >= 0.3 is 0 Å². The van der Waals surface area contributed by atoms with Crippen LogP contribution in [0.4, 0.5) is 0 Å². The van der Waals surface area contributed by atoms with Crippen molar-refractivity contribution in [1.29, 1.82) is 0 Å². The van der Waals surface area contributed by atoms with Crippen LogP contribution in [0.3, 0.4) is 0 Å². The molecule has 1 amide bonds. The number of carbonyl (C=O) groups is 1. The SMILES string of the molecule is CCO[C@H](C)C(=O)N[C@@H]1C[C@H]2C[C@H]1[C@H]1CCC[C@@H]21. The fourth-order valence-corrected chi connectivity index (χ4v) is 4.86. The molecule has 0 aromatic carbocycles. The topological polar surface area (TPSA) is 38.3 Å². The Morgan fingerprint density at radius 1 is 1.28 bits per heavy atom. The number of rotatable bonds is 4.